The molecule has 1 amide bonds. The zero-order valence-electron chi connectivity index (χ0n) is 11.3. The summed E-state index contributed by atoms with van der Waals surface area (Å²) in [6.45, 7) is 7.16. The number of carbonyl (C=O) groups excluding carboxylic acids is 1. The molecule has 0 spiro atoms. The monoisotopic (exact) mass is 267 g/mol. The third-order valence-corrected chi connectivity index (χ3v) is 5.28. The standard InChI is InChI=1S/C13H21N3OS/c1-4-5-6-7-15-10-11(17)16-9(8-14)13(2,3)18-12(10)16/h9-10,12,15H,4-7H2,1-3H3. The molecule has 2 saturated heterocycles. The van der Waals surface area contributed by atoms with E-state index in [0.717, 1.165) is 13.0 Å². The number of rotatable bonds is 5. The molecule has 5 heteroatoms. The number of nitriles is 1. The van der Waals surface area contributed by atoms with Crippen LogP contribution in [0, 0.1) is 11.3 Å². The van der Waals surface area contributed by atoms with Crippen molar-refractivity contribution in [3.05, 3.63) is 0 Å². The van der Waals surface area contributed by atoms with E-state index in [1.807, 2.05) is 13.8 Å². The van der Waals surface area contributed by atoms with Gasteiger partial charge in [0.2, 0.25) is 5.91 Å². The van der Waals surface area contributed by atoms with E-state index < -0.39 is 0 Å². The van der Waals surface area contributed by atoms with E-state index in [-0.39, 0.29) is 28.1 Å². The molecule has 0 bridgehead atoms. The van der Waals surface area contributed by atoms with Crippen LogP contribution in [0.15, 0.2) is 0 Å². The van der Waals surface area contributed by atoms with Gasteiger partial charge < -0.3 is 10.2 Å². The Hall–Kier alpha value is -0.730. The zero-order chi connectivity index (χ0) is 13.3. The first kappa shape index (κ1) is 13.7. The first-order valence-corrected chi connectivity index (χ1v) is 7.54. The Morgan fingerprint density at radius 3 is 2.83 bits per heavy atom. The number of amides is 1. The van der Waals surface area contributed by atoms with E-state index in [1.54, 1.807) is 16.7 Å². The molecular weight excluding hydrogens is 246 g/mol. The molecule has 2 fully saturated rings. The maximum Gasteiger partial charge on any atom is 0.244 e. The average molecular weight is 267 g/mol. The maximum absolute atomic E-state index is 12.1. The van der Waals surface area contributed by atoms with Crippen LogP contribution in [0.5, 0.6) is 0 Å². The predicted molar refractivity (Wildman–Crippen MR) is 73.0 cm³/mol. The van der Waals surface area contributed by atoms with Gasteiger partial charge in [-0.2, -0.15) is 5.26 Å². The van der Waals surface area contributed by atoms with E-state index in [4.69, 9.17) is 0 Å². The normalized spacial score (nSPS) is 32.9. The fourth-order valence-corrected chi connectivity index (χ4v) is 4.24. The number of unbranched alkanes of at least 4 members (excludes halogenated alkanes) is 2. The summed E-state index contributed by atoms with van der Waals surface area (Å²) in [7, 11) is 0. The lowest BCUT2D eigenvalue weighted by atomic mass is 9.97. The van der Waals surface area contributed by atoms with Gasteiger partial charge in [-0.3, -0.25) is 4.79 Å². The summed E-state index contributed by atoms with van der Waals surface area (Å²) in [4.78, 5) is 13.8. The van der Waals surface area contributed by atoms with Crippen molar-refractivity contribution < 1.29 is 4.79 Å². The van der Waals surface area contributed by atoms with Crippen molar-refractivity contribution >= 4 is 17.7 Å². The third-order valence-electron chi connectivity index (χ3n) is 3.71. The lowest BCUT2D eigenvalue weighted by Crippen LogP contribution is -2.68. The van der Waals surface area contributed by atoms with Crippen LogP contribution >= 0.6 is 11.8 Å². The predicted octanol–water partition coefficient (Wildman–Crippen LogP) is 1.72. The second-order valence-electron chi connectivity index (χ2n) is 5.53. The van der Waals surface area contributed by atoms with Crippen LogP contribution in [0.3, 0.4) is 0 Å². The molecule has 0 aromatic heterocycles. The molecule has 2 aliphatic heterocycles. The molecule has 2 heterocycles. The van der Waals surface area contributed by atoms with Crippen molar-refractivity contribution in [2.24, 2.45) is 0 Å². The molecule has 3 atom stereocenters. The van der Waals surface area contributed by atoms with Crippen LogP contribution in [0.1, 0.15) is 40.0 Å². The van der Waals surface area contributed by atoms with Crippen LogP contribution in [-0.4, -0.2) is 39.6 Å². The number of β-lactam (4-membered cyclic amide) rings is 1. The topological polar surface area (TPSA) is 56.1 Å². The molecule has 4 nitrogen and oxygen atoms in total. The van der Waals surface area contributed by atoms with Crippen LogP contribution in [0.4, 0.5) is 0 Å². The smallest absolute Gasteiger partial charge is 0.244 e. The first-order chi connectivity index (χ1) is 8.53. The van der Waals surface area contributed by atoms with Crippen molar-refractivity contribution in [2.75, 3.05) is 6.54 Å². The number of thioether (sulfide) groups is 1. The summed E-state index contributed by atoms with van der Waals surface area (Å²) in [5.41, 5.74) is 0. The van der Waals surface area contributed by atoms with Gasteiger partial charge in [-0.25, -0.2) is 0 Å². The van der Waals surface area contributed by atoms with Gasteiger partial charge in [-0.15, -0.1) is 11.8 Å². The molecular formula is C13H21N3OS. The fraction of sp³-hybridized carbons (Fsp3) is 0.846. The van der Waals surface area contributed by atoms with E-state index in [0.29, 0.717) is 0 Å². The highest BCUT2D eigenvalue weighted by Crippen LogP contribution is 2.50. The zero-order valence-corrected chi connectivity index (χ0v) is 12.1. The molecule has 0 saturated carbocycles. The number of nitrogens with one attached hydrogen (secondary N) is 1. The Kier molecular flexibility index (Phi) is 3.88. The van der Waals surface area contributed by atoms with Gasteiger partial charge in [0.25, 0.3) is 0 Å². The Bertz CT molecular complexity index is 377. The second-order valence-corrected chi connectivity index (χ2v) is 7.30. The van der Waals surface area contributed by atoms with Crippen molar-refractivity contribution in [1.82, 2.24) is 10.2 Å². The summed E-state index contributed by atoms with van der Waals surface area (Å²) in [6.07, 6.45) is 3.50. The Balaban J connectivity index is 1.92. The van der Waals surface area contributed by atoms with Gasteiger partial charge >= 0.3 is 0 Å². The quantitative estimate of drug-likeness (QED) is 0.609. The van der Waals surface area contributed by atoms with Gasteiger partial charge in [0, 0.05) is 4.75 Å². The molecule has 2 aliphatic rings. The lowest BCUT2D eigenvalue weighted by Gasteiger charge is -2.43. The van der Waals surface area contributed by atoms with Crippen LogP contribution in [0.2, 0.25) is 0 Å². The minimum absolute atomic E-state index is 0.0792. The fourth-order valence-electron chi connectivity index (χ4n) is 2.63. The molecule has 3 unspecified atom stereocenters. The summed E-state index contributed by atoms with van der Waals surface area (Å²) in [5, 5.41) is 12.7. The number of fused-ring (bicyclic) bond motifs is 1. The van der Waals surface area contributed by atoms with E-state index in [1.165, 1.54) is 12.8 Å². The van der Waals surface area contributed by atoms with Crippen LogP contribution in [-0.2, 0) is 4.79 Å². The Morgan fingerprint density at radius 2 is 2.22 bits per heavy atom. The van der Waals surface area contributed by atoms with Gasteiger partial charge in [0.15, 0.2) is 0 Å². The van der Waals surface area contributed by atoms with E-state index >= 15 is 0 Å². The van der Waals surface area contributed by atoms with Gasteiger partial charge in [0.1, 0.15) is 17.5 Å². The highest BCUT2D eigenvalue weighted by atomic mass is 32.2. The van der Waals surface area contributed by atoms with E-state index in [9.17, 15) is 10.1 Å². The van der Waals surface area contributed by atoms with E-state index in [2.05, 4.69) is 18.3 Å². The largest absolute Gasteiger partial charge is 0.310 e. The maximum atomic E-state index is 12.1. The highest BCUT2D eigenvalue weighted by Gasteiger charge is 2.61. The molecule has 0 aromatic rings. The Labute approximate surface area is 113 Å². The number of hydrogen-bond acceptors (Lipinski definition) is 4. The van der Waals surface area contributed by atoms with Gasteiger partial charge in [-0.1, -0.05) is 19.8 Å². The van der Waals surface area contributed by atoms with Crippen LogP contribution < -0.4 is 5.32 Å². The summed E-state index contributed by atoms with van der Waals surface area (Å²) in [6, 6.07) is 1.91. The molecule has 1 N–H and O–H groups in total. The number of nitrogens with zero attached hydrogens (tertiary/aromatic N) is 2. The third kappa shape index (κ3) is 2.12. The Morgan fingerprint density at radius 1 is 1.50 bits per heavy atom. The number of hydrogen-bond donors (Lipinski definition) is 1. The molecule has 0 radical (unpaired) electrons. The molecule has 0 aromatic carbocycles. The first-order valence-electron chi connectivity index (χ1n) is 6.66. The molecule has 2 rings (SSSR count). The highest BCUT2D eigenvalue weighted by molar-refractivity contribution is 8.01. The minimum atomic E-state index is -0.284. The van der Waals surface area contributed by atoms with Gasteiger partial charge in [0.05, 0.1) is 6.07 Å². The van der Waals surface area contributed by atoms with Crippen molar-refractivity contribution in [1.29, 1.82) is 5.26 Å². The average Bonchev–Trinajstić information content (AvgIpc) is 2.57. The summed E-state index contributed by atoms with van der Waals surface area (Å²) in [5.74, 6) is 0.0983. The van der Waals surface area contributed by atoms with Crippen molar-refractivity contribution in [3.63, 3.8) is 0 Å². The summed E-state index contributed by atoms with van der Waals surface area (Å²) >= 11 is 1.75. The SMILES string of the molecule is CCCCCNC1C(=O)N2C1SC(C)(C)C2C#N. The molecule has 18 heavy (non-hydrogen) atoms. The minimum Gasteiger partial charge on any atom is -0.310 e. The molecule has 0 aliphatic carbocycles. The van der Waals surface area contributed by atoms with Crippen molar-refractivity contribution in [2.45, 2.75) is 62.2 Å². The second kappa shape index (κ2) is 5.10. The number of carbonyl (C=O) groups is 1. The van der Waals surface area contributed by atoms with Gasteiger partial charge in [-0.05, 0) is 26.8 Å². The van der Waals surface area contributed by atoms with Crippen molar-refractivity contribution in [3.8, 4) is 6.07 Å². The molecule has 100 valence electrons. The van der Waals surface area contributed by atoms with Crippen LogP contribution in [0.25, 0.3) is 0 Å². The summed E-state index contributed by atoms with van der Waals surface area (Å²) < 4.78 is -0.158. The lowest BCUT2D eigenvalue weighted by molar-refractivity contribution is -0.147.